The van der Waals surface area contributed by atoms with E-state index in [1.807, 2.05) is 0 Å². The van der Waals surface area contributed by atoms with Gasteiger partial charge in [0.1, 0.15) is 5.82 Å². The van der Waals surface area contributed by atoms with Crippen LogP contribution in [-0.2, 0) is 21.6 Å². The monoisotopic (exact) mass is 422 g/mol. The van der Waals surface area contributed by atoms with Gasteiger partial charge in [-0.05, 0) is 52.5 Å². The summed E-state index contributed by atoms with van der Waals surface area (Å²) in [6, 6.07) is 9.35. The number of amides is 1. The standard InChI is InChI=1S/C19H20BrFN2O3/c20-15-3-6-18(25)23(13-15)10-7-17(24)22-19(8-11-26-12-9-19)14-1-4-16(21)5-2-14/h1-6,13H,7-12H2,(H,22,24). The first-order chi connectivity index (χ1) is 12.5. The highest BCUT2D eigenvalue weighted by atomic mass is 79.9. The summed E-state index contributed by atoms with van der Waals surface area (Å²) in [6.45, 7) is 1.35. The number of carbonyl (C=O) groups excluding carboxylic acids is 1. The van der Waals surface area contributed by atoms with Crippen LogP contribution in [0.1, 0.15) is 24.8 Å². The molecule has 0 spiro atoms. The van der Waals surface area contributed by atoms with E-state index < -0.39 is 5.54 Å². The molecule has 7 heteroatoms. The summed E-state index contributed by atoms with van der Waals surface area (Å²) in [5.41, 5.74) is 0.154. The molecule has 26 heavy (non-hydrogen) atoms. The van der Waals surface area contributed by atoms with Crippen LogP contribution in [0.4, 0.5) is 4.39 Å². The average molecular weight is 423 g/mol. The molecule has 0 unspecified atom stereocenters. The van der Waals surface area contributed by atoms with Gasteiger partial charge in [-0.1, -0.05) is 12.1 Å². The van der Waals surface area contributed by atoms with Gasteiger partial charge in [-0.25, -0.2) is 4.39 Å². The van der Waals surface area contributed by atoms with Crippen LogP contribution in [-0.4, -0.2) is 23.7 Å². The minimum Gasteiger partial charge on any atom is -0.381 e. The molecular formula is C19H20BrFN2O3. The number of aryl methyl sites for hydroxylation is 1. The molecule has 1 fully saturated rings. The van der Waals surface area contributed by atoms with Gasteiger partial charge >= 0.3 is 0 Å². The van der Waals surface area contributed by atoms with E-state index in [2.05, 4.69) is 21.2 Å². The minimum atomic E-state index is -0.564. The molecule has 138 valence electrons. The summed E-state index contributed by atoms with van der Waals surface area (Å²) < 4.78 is 21.0. The average Bonchev–Trinajstić information content (AvgIpc) is 2.64. The van der Waals surface area contributed by atoms with Gasteiger partial charge < -0.3 is 14.6 Å². The molecule has 0 radical (unpaired) electrons. The van der Waals surface area contributed by atoms with Crippen molar-refractivity contribution >= 4 is 21.8 Å². The third-order valence-corrected chi connectivity index (χ3v) is 5.12. The number of pyridine rings is 1. The van der Waals surface area contributed by atoms with Gasteiger partial charge in [0.15, 0.2) is 0 Å². The smallest absolute Gasteiger partial charge is 0.250 e. The van der Waals surface area contributed by atoms with E-state index in [1.165, 1.54) is 22.8 Å². The van der Waals surface area contributed by atoms with Crippen molar-refractivity contribution in [3.63, 3.8) is 0 Å². The van der Waals surface area contributed by atoms with Crippen molar-refractivity contribution in [3.8, 4) is 0 Å². The fourth-order valence-electron chi connectivity index (χ4n) is 3.20. The molecule has 0 atom stereocenters. The maximum atomic E-state index is 13.3. The third kappa shape index (κ3) is 4.40. The SMILES string of the molecule is O=C(CCn1cc(Br)ccc1=O)NC1(c2ccc(F)cc2)CCOCC1. The number of ether oxygens (including phenoxy) is 1. The number of halogens is 2. The van der Waals surface area contributed by atoms with Crippen LogP contribution in [0, 0.1) is 5.82 Å². The summed E-state index contributed by atoms with van der Waals surface area (Å²) in [5, 5.41) is 3.10. The van der Waals surface area contributed by atoms with E-state index in [4.69, 9.17) is 4.74 Å². The fourth-order valence-corrected chi connectivity index (χ4v) is 3.58. The van der Waals surface area contributed by atoms with Crippen LogP contribution in [0.2, 0.25) is 0 Å². The number of nitrogens with one attached hydrogen (secondary N) is 1. The lowest BCUT2D eigenvalue weighted by Gasteiger charge is -2.38. The zero-order chi connectivity index (χ0) is 18.6. The quantitative estimate of drug-likeness (QED) is 0.805. The minimum absolute atomic E-state index is 0.150. The number of carbonyl (C=O) groups is 1. The Kier molecular flexibility index (Phi) is 5.88. The Bertz CT molecular complexity index is 829. The van der Waals surface area contributed by atoms with Gasteiger partial charge in [0, 0.05) is 42.9 Å². The Morgan fingerprint density at radius 2 is 1.88 bits per heavy atom. The van der Waals surface area contributed by atoms with Crippen molar-refractivity contribution < 1.29 is 13.9 Å². The zero-order valence-corrected chi connectivity index (χ0v) is 15.8. The van der Waals surface area contributed by atoms with Gasteiger partial charge in [-0.2, -0.15) is 0 Å². The molecule has 2 aromatic rings. The Morgan fingerprint density at radius 3 is 2.58 bits per heavy atom. The maximum Gasteiger partial charge on any atom is 0.250 e. The molecule has 1 aliphatic rings. The Hall–Kier alpha value is -1.99. The fraction of sp³-hybridized carbons (Fsp3) is 0.368. The van der Waals surface area contributed by atoms with E-state index in [-0.39, 0.29) is 23.7 Å². The van der Waals surface area contributed by atoms with Gasteiger partial charge in [0.05, 0.1) is 5.54 Å². The Morgan fingerprint density at radius 1 is 1.19 bits per heavy atom. The third-order valence-electron chi connectivity index (χ3n) is 4.65. The second-order valence-corrected chi connectivity index (χ2v) is 7.29. The number of hydrogen-bond acceptors (Lipinski definition) is 3. The van der Waals surface area contributed by atoms with Crippen LogP contribution >= 0.6 is 15.9 Å². The lowest BCUT2D eigenvalue weighted by Crippen LogP contribution is -2.49. The van der Waals surface area contributed by atoms with Crippen LogP contribution in [0.3, 0.4) is 0 Å². The second-order valence-electron chi connectivity index (χ2n) is 6.38. The van der Waals surface area contributed by atoms with Gasteiger partial charge in [0.2, 0.25) is 5.91 Å². The maximum absolute atomic E-state index is 13.3. The number of benzene rings is 1. The van der Waals surface area contributed by atoms with E-state index in [9.17, 15) is 14.0 Å². The van der Waals surface area contributed by atoms with Gasteiger partial charge in [-0.3, -0.25) is 9.59 Å². The van der Waals surface area contributed by atoms with Crippen LogP contribution in [0.15, 0.2) is 51.9 Å². The molecule has 3 rings (SSSR count). The molecule has 0 saturated carbocycles. The highest BCUT2D eigenvalue weighted by molar-refractivity contribution is 9.10. The van der Waals surface area contributed by atoms with Crippen LogP contribution in [0.5, 0.6) is 0 Å². The molecule has 1 aliphatic heterocycles. The van der Waals surface area contributed by atoms with Gasteiger partial charge in [-0.15, -0.1) is 0 Å². The van der Waals surface area contributed by atoms with E-state index in [0.717, 1.165) is 10.0 Å². The highest BCUT2D eigenvalue weighted by Crippen LogP contribution is 2.32. The predicted octanol–water partition coefficient (Wildman–Crippen LogP) is 2.96. The van der Waals surface area contributed by atoms with Crippen LogP contribution < -0.4 is 10.9 Å². The molecule has 1 saturated heterocycles. The molecule has 2 heterocycles. The number of aromatic nitrogens is 1. The Labute approximate surface area is 159 Å². The topological polar surface area (TPSA) is 60.3 Å². The summed E-state index contributed by atoms with van der Waals surface area (Å²) in [7, 11) is 0. The van der Waals surface area contributed by atoms with E-state index >= 15 is 0 Å². The summed E-state index contributed by atoms with van der Waals surface area (Å²) in [5.74, 6) is -0.459. The van der Waals surface area contributed by atoms with Gasteiger partial charge in [0.25, 0.3) is 5.56 Å². The van der Waals surface area contributed by atoms with Crippen molar-refractivity contribution in [3.05, 3.63) is 68.8 Å². The van der Waals surface area contributed by atoms with Crippen molar-refractivity contribution in [2.75, 3.05) is 13.2 Å². The first-order valence-corrected chi connectivity index (χ1v) is 9.29. The molecule has 1 amide bonds. The number of nitrogens with zero attached hydrogens (tertiary/aromatic N) is 1. The van der Waals surface area contributed by atoms with E-state index in [1.54, 1.807) is 24.4 Å². The molecule has 1 aromatic carbocycles. The summed E-state index contributed by atoms with van der Waals surface area (Å²) in [4.78, 5) is 24.4. The normalized spacial score (nSPS) is 16.2. The summed E-state index contributed by atoms with van der Waals surface area (Å²) >= 11 is 3.32. The number of rotatable bonds is 5. The predicted molar refractivity (Wildman–Crippen MR) is 99.3 cm³/mol. The molecule has 0 aliphatic carbocycles. The van der Waals surface area contributed by atoms with Crippen molar-refractivity contribution in [1.29, 1.82) is 0 Å². The largest absolute Gasteiger partial charge is 0.381 e. The number of hydrogen-bond donors (Lipinski definition) is 1. The lowest BCUT2D eigenvalue weighted by molar-refractivity contribution is -0.124. The first-order valence-electron chi connectivity index (χ1n) is 8.49. The Balaban J connectivity index is 1.72. The molecule has 0 bridgehead atoms. The second kappa shape index (κ2) is 8.14. The first kappa shape index (κ1) is 18.8. The van der Waals surface area contributed by atoms with Crippen molar-refractivity contribution in [1.82, 2.24) is 9.88 Å². The molecule has 5 nitrogen and oxygen atoms in total. The van der Waals surface area contributed by atoms with Crippen molar-refractivity contribution in [2.45, 2.75) is 31.3 Å². The van der Waals surface area contributed by atoms with E-state index in [0.29, 0.717) is 32.6 Å². The molecule has 1 aromatic heterocycles. The molecular weight excluding hydrogens is 403 g/mol. The molecule has 1 N–H and O–H groups in total. The highest BCUT2D eigenvalue weighted by Gasteiger charge is 2.35. The summed E-state index contributed by atoms with van der Waals surface area (Å²) in [6.07, 6.45) is 3.10. The van der Waals surface area contributed by atoms with Crippen molar-refractivity contribution in [2.24, 2.45) is 0 Å². The van der Waals surface area contributed by atoms with Crippen LogP contribution in [0.25, 0.3) is 0 Å². The lowest BCUT2D eigenvalue weighted by atomic mass is 9.82. The zero-order valence-electron chi connectivity index (χ0n) is 14.2.